The summed E-state index contributed by atoms with van der Waals surface area (Å²) >= 11 is 0. The second-order valence-electron chi connectivity index (χ2n) is 4.89. The van der Waals surface area contributed by atoms with Crippen molar-refractivity contribution in [3.05, 3.63) is 30.1 Å². The van der Waals surface area contributed by atoms with Crippen LogP contribution in [0.4, 0.5) is 4.39 Å². The van der Waals surface area contributed by atoms with Gasteiger partial charge in [-0.3, -0.25) is 4.79 Å². The molecule has 1 rings (SSSR count). The molecular formula is C14H20FNO4. The van der Waals surface area contributed by atoms with Gasteiger partial charge in [0.1, 0.15) is 11.6 Å². The van der Waals surface area contributed by atoms with E-state index in [1.165, 1.54) is 31.4 Å². The summed E-state index contributed by atoms with van der Waals surface area (Å²) in [5.41, 5.74) is -1.13. The number of carbonyl (C=O) groups is 1. The molecule has 1 aromatic carbocycles. The van der Waals surface area contributed by atoms with Crippen molar-refractivity contribution in [2.45, 2.75) is 25.6 Å². The van der Waals surface area contributed by atoms with Crippen LogP contribution in [0.1, 0.15) is 13.8 Å². The van der Waals surface area contributed by atoms with E-state index in [1.54, 1.807) is 13.8 Å². The number of rotatable bonds is 7. The van der Waals surface area contributed by atoms with Crippen LogP contribution in [0.2, 0.25) is 0 Å². The molecule has 0 spiro atoms. The molecule has 0 aliphatic carbocycles. The van der Waals surface area contributed by atoms with Crippen LogP contribution in [-0.2, 0) is 9.53 Å². The number of hydrogen-bond donors (Lipinski definition) is 2. The van der Waals surface area contributed by atoms with Crippen molar-refractivity contribution in [1.29, 1.82) is 0 Å². The highest BCUT2D eigenvalue weighted by atomic mass is 19.1. The first-order chi connectivity index (χ1) is 9.35. The van der Waals surface area contributed by atoms with Crippen molar-refractivity contribution in [1.82, 2.24) is 5.32 Å². The van der Waals surface area contributed by atoms with Gasteiger partial charge in [0.2, 0.25) is 0 Å². The molecule has 0 aromatic heterocycles. The first-order valence-corrected chi connectivity index (χ1v) is 6.25. The molecule has 5 nitrogen and oxygen atoms in total. The van der Waals surface area contributed by atoms with E-state index in [9.17, 15) is 14.3 Å². The minimum Gasteiger partial charge on any atom is -0.478 e. The summed E-state index contributed by atoms with van der Waals surface area (Å²) in [7, 11) is 1.46. The van der Waals surface area contributed by atoms with Gasteiger partial charge in [0, 0.05) is 13.7 Å². The highest BCUT2D eigenvalue weighted by Gasteiger charge is 2.30. The predicted octanol–water partition coefficient (Wildman–Crippen LogP) is 1.11. The molecule has 1 aromatic rings. The number of carbonyl (C=O) groups excluding carboxylic acids is 1. The number of methoxy groups -OCH3 is 1. The third kappa shape index (κ3) is 5.14. The van der Waals surface area contributed by atoms with Crippen LogP contribution < -0.4 is 10.1 Å². The van der Waals surface area contributed by atoms with Gasteiger partial charge in [0.25, 0.3) is 5.91 Å². The first kappa shape index (κ1) is 16.4. The van der Waals surface area contributed by atoms with E-state index in [0.717, 1.165) is 0 Å². The average Bonchev–Trinajstić information content (AvgIpc) is 2.38. The van der Waals surface area contributed by atoms with E-state index in [1.807, 2.05) is 0 Å². The quantitative estimate of drug-likeness (QED) is 0.787. The zero-order valence-corrected chi connectivity index (χ0v) is 11.9. The Balaban J connectivity index is 2.54. The summed E-state index contributed by atoms with van der Waals surface area (Å²) in [6.45, 7) is 3.39. The molecule has 1 atom stereocenters. The fourth-order valence-corrected chi connectivity index (χ4v) is 1.52. The first-order valence-electron chi connectivity index (χ1n) is 6.25. The lowest BCUT2D eigenvalue weighted by Crippen LogP contribution is -2.48. The molecule has 0 fully saturated rings. The van der Waals surface area contributed by atoms with Crippen molar-refractivity contribution >= 4 is 5.91 Å². The summed E-state index contributed by atoms with van der Waals surface area (Å²) in [6.07, 6.45) is -0.773. The molecule has 112 valence electrons. The lowest BCUT2D eigenvalue weighted by atomic mass is 10.1. The van der Waals surface area contributed by atoms with Crippen molar-refractivity contribution in [2.75, 3.05) is 20.3 Å². The maximum absolute atomic E-state index is 12.8. The molecule has 0 saturated carbocycles. The molecule has 0 saturated heterocycles. The van der Waals surface area contributed by atoms with Gasteiger partial charge >= 0.3 is 0 Å². The van der Waals surface area contributed by atoms with Crippen LogP contribution in [0.15, 0.2) is 24.3 Å². The lowest BCUT2D eigenvalue weighted by Gasteiger charge is -2.25. The van der Waals surface area contributed by atoms with Crippen LogP contribution in [0.3, 0.4) is 0 Å². The van der Waals surface area contributed by atoms with Gasteiger partial charge in [-0.25, -0.2) is 4.39 Å². The fraction of sp³-hybridized carbons (Fsp3) is 0.500. The second kappa shape index (κ2) is 7.21. The van der Waals surface area contributed by atoms with Crippen LogP contribution in [-0.4, -0.2) is 43.0 Å². The Bertz CT molecular complexity index is 433. The van der Waals surface area contributed by atoms with E-state index >= 15 is 0 Å². The van der Waals surface area contributed by atoms with Crippen LogP contribution in [0, 0.1) is 5.82 Å². The Morgan fingerprint density at radius 2 is 2.00 bits per heavy atom. The van der Waals surface area contributed by atoms with Gasteiger partial charge in [-0.1, -0.05) is 0 Å². The van der Waals surface area contributed by atoms with Crippen LogP contribution in [0.25, 0.3) is 0 Å². The lowest BCUT2D eigenvalue weighted by molar-refractivity contribution is -0.134. The number of hydrogen-bond acceptors (Lipinski definition) is 4. The van der Waals surface area contributed by atoms with Crippen molar-refractivity contribution in [3.8, 4) is 5.75 Å². The van der Waals surface area contributed by atoms with Gasteiger partial charge in [0.15, 0.2) is 5.60 Å². The molecule has 6 heteroatoms. The summed E-state index contributed by atoms with van der Waals surface area (Å²) in [5, 5.41) is 12.0. The number of aliphatic hydroxyl groups is 1. The molecule has 1 amide bonds. The zero-order chi connectivity index (χ0) is 15.2. The standard InChI is InChI=1S/C14H20FNO4/c1-14(2,13(18)16-8-11(17)9-19-3)20-12-6-4-10(15)5-7-12/h4-7,11,17H,8-9H2,1-3H3,(H,16,18). The van der Waals surface area contributed by atoms with Gasteiger partial charge < -0.3 is 19.9 Å². The molecular weight excluding hydrogens is 265 g/mol. The normalized spacial score (nSPS) is 12.8. The second-order valence-corrected chi connectivity index (χ2v) is 4.89. The van der Waals surface area contributed by atoms with Crippen molar-refractivity contribution in [3.63, 3.8) is 0 Å². The largest absolute Gasteiger partial charge is 0.478 e. The van der Waals surface area contributed by atoms with Crippen LogP contribution >= 0.6 is 0 Å². The van der Waals surface area contributed by atoms with E-state index in [2.05, 4.69) is 5.32 Å². The average molecular weight is 285 g/mol. The Labute approximate surface area is 117 Å². The summed E-state index contributed by atoms with van der Waals surface area (Å²) in [4.78, 5) is 12.0. The van der Waals surface area contributed by atoms with E-state index in [-0.39, 0.29) is 24.9 Å². The Kier molecular flexibility index (Phi) is 5.91. The topological polar surface area (TPSA) is 67.8 Å². The Morgan fingerprint density at radius 3 is 2.55 bits per heavy atom. The SMILES string of the molecule is COCC(O)CNC(=O)C(C)(C)Oc1ccc(F)cc1. The monoisotopic (exact) mass is 285 g/mol. The predicted molar refractivity (Wildman–Crippen MR) is 72.0 cm³/mol. The highest BCUT2D eigenvalue weighted by Crippen LogP contribution is 2.18. The Morgan fingerprint density at radius 1 is 1.40 bits per heavy atom. The third-order valence-electron chi connectivity index (χ3n) is 2.59. The van der Waals surface area contributed by atoms with Crippen molar-refractivity contribution in [2.24, 2.45) is 0 Å². The highest BCUT2D eigenvalue weighted by molar-refractivity contribution is 5.84. The molecule has 1 unspecified atom stereocenters. The Hall–Kier alpha value is -1.66. The number of halogens is 1. The maximum Gasteiger partial charge on any atom is 0.263 e. The smallest absolute Gasteiger partial charge is 0.263 e. The molecule has 0 heterocycles. The third-order valence-corrected chi connectivity index (χ3v) is 2.59. The fourth-order valence-electron chi connectivity index (χ4n) is 1.52. The van der Waals surface area contributed by atoms with Crippen LogP contribution in [0.5, 0.6) is 5.75 Å². The van der Waals surface area contributed by atoms with Gasteiger partial charge in [-0.05, 0) is 38.1 Å². The number of ether oxygens (including phenoxy) is 2. The van der Waals surface area contributed by atoms with Gasteiger partial charge in [0.05, 0.1) is 12.7 Å². The van der Waals surface area contributed by atoms with Crippen molar-refractivity contribution < 1.29 is 23.8 Å². The summed E-state index contributed by atoms with van der Waals surface area (Å²) < 4.78 is 23.1. The van der Waals surface area contributed by atoms with Gasteiger partial charge in [-0.2, -0.15) is 0 Å². The molecule has 0 radical (unpaired) electrons. The molecule has 0 bridgehead atoms. The zero-order valence-electron chi connectivity index (χ0n) is 11.9. The molecule has 20 heavy (non-hydrogen) atoms. The van der Waals surface area contributed by atoms with E-state index in [0.29, 0.717) is 5.75 Å². The number of aliphatic hydroxyl groups excluding tert-OH is 1. The molecule has 0 aliphatic rings. The minimum absolute atomic E-state index is 0.0723. The van der Waals surface area contributed by atoms with E-state index in [4.69, 9.17) is 9.47 Å². The summed E-state index contributed by atoms with van der Waals surface area (Å²) in [5.74, 6) is -0.358. The summed E-state index contributed by atoms with van der Waals surface area (Å²) in [6, 6.07) is 5.41. The van der Waals surface area contributed by atoms with Gasteiger partial charge in [-0.15, -0.1) is 0 Å². The number of benzene rings is 1. The number of nitrogens with one attached hydrogen (secondary N) is 1. The minimum atomic E-state index is -1.13. The maximum atomic E-state index is 12.8. The van der Waals surface area contributed by atoms with E-state index < -0.39 is 11.7 Å². The molecule has 0 aliphatic heterocycles. The number of amides is 1. The molecule has 2 N–H and O–H groups in total.